The van der Waals surface area contributed by atoms with Crippen LogP contribution in [0.4, 0.5) is 0 Å². The van der Waals surface area contributed by atoms with Crippen molar-refractivity contribution in [2.75, 3.05) is 6.54 Å². The van der Waals surface area contributed by atoms with E-state index in [0.717, 1.165) is 18.1 Å². The fourth-order valence-corrected chi connectivity index (χ4v) is 2.18. The summed E-state index contributed by atoms with van der Waals surface area (Å²) in [4.78, 5) is 8.96. The number of aryl methyl sites for hydroxylation is 1. The maximum Gasteiger partial charge on any atom is 0.133 e. The summed E-state index contributed by atoms with van der Waals surface area (Å²) < 4.78 is 0. The first kappa shape index (κ1) is 13.1. The van der Waals surface area contributed by atoms with Gasteiger partial charge in [-0.2, -0.15) is 0 Å². The molecule has 1 aromatic rings. The summed E-state index contributed by atoms with van der Waals surface area (Å²) in [6.07, 6.45) is 1.85. The molecule has 0 aromatic carbocycles. The van der Waals surface area contributed by atoms with Crippen molar-refractivity contribution >= 4 is 0 Å². The molecule has 0 fully saturated rings. The lowest BCUT2D eigenvalue weighted by atomic mass is 9.88. The van der Waals surface area contributed by atoms with Crippen molar-refractivity contribution < 1.29 is 0 Å². The zero-order chi connectivity index (χ0) is 12.1. The van der Waals surface area contributed by atoms with E-state index in [1.165, 1.54) is 0 Å². The highest BCUT2D eigenvalue weighted by Crippen LogP contribution is 2.25. The molecule has 16 heavy (non-hydrogen) atoms. The smallest absolute Gasteiger partial charge is 0.133 e. The molecule has 0 amide bonds. The summed E-state index contributed by atoms with van der Waals surface area (Å²) in [6, 6.07) is 2.35. The van der Waals surface area contributed by atoms with Crippen LogP contribution in [0.15, 0.2) is 12.3 Å². The van der Waals surface area contributed by atoms with Crippen molar-refractivity contribution in [2.24, 2.45) is 5.92 Å². The standard InChI is InChI=1S/C13H23N3/c1-6-14-11(5)12(9(2)3)13-15-8-7-10(4)16-13/h7-9,11-12,14H,6H2,1-5H3. The molecule has 3 heteroatoms. The van der Waals surface area contributed by atoms with Crippen molar-refractivity contribution in [3.63, 3.8) is 0 Å². The fourth-order valence-electron chi connectivity index (χ4n) is 2.18. The van der Waals surface area contributed by atoms with Crippen molar-refractivity contribution in [3.8, 4) is 0 Å². The van der Waals surface area contributed by atoms with Gasteiger partial charge in [0, 0.05) is 23.9 Å². The van der Waals surface area contributed by atoms with Crippen LogP contribution in [-0.4, -0.2) is 22.6 Å². The van der Waals surface area contributed by atoms with E-state index in [4.69, 9.17) is 0 Å². The Morgan fingerprint density at radius 3 is 2.50 bits per heavy atom. The third kappa shape index (κ3) is 3.27. The molecule has 0 radical (unpaired) electrons. The van der Waals surface area contributed by atoms with Crippen LogP contribution < -0.4 is 5.32 Å². The first-order chi connectivity index (χ1) is 7.56. The summed E-state index contributed by atoms with van der Waals surface area (Å²) in [5.74, 6) is 1.87. The van der Waals surface area contributed by atoms with Gasteiger partial charge in [-0.25, -0.2) is 9.97 Å². The Balaban J connectivity index is 2.93. The lowest BCUT2D eigenvalue weighted by molar-refractivity contribution is 0.368. The number of rotatable bonds is 5. The molecule has 0 spiro atoms. The summed E-state index contributed by atoms with van der Waals surface area (Å²) in [5.41, 5.74) is 1.04. The van der Waals surface area contributed by atoms with Gasteiger partial charge in [0.05, 0.1) is 0 Å². The quantitative estimate of drug-likeness (QED) is 0.830. The highest BCUT2D eigenvalue weighted by molar-refractivity contribution is 5.07. The maximum absolute atomic E-state index is 4.55. The van der Waals surface area contributed by atoms with E-state index in [9.17, 15) is 0 Å². The predicted molar refractivity (Wildman–Crippen MR) is 67.5 cm³/mol. The van der Waals surface area contributed by atoms with Gasteiger partial charge in [-0.15, -0.1) is 0 Å². The largest absolute Gasteiger partial charge is 0.314 e. The second-order valence-corrected chi connectivity index (χ2v) is 4.67. The van der Waals surface area contributed by atoms with Crippen molar-refractivity contribution in [2.45, 2.75) is 46.6 Å². The van der Waals surface area contributed by atoms with Gasteiger partial charge in [-0.1, -0.05) is 20.8 Å². The first-order valence-corrected chi connectivity index (χ1v) is 6.09. The Kier molecular flexibility index (Phi) is 4.87. The van der Waals surface area contributed by atoms with Crippen molar-refractivity contribution in [1.29, 1.82) is 0 Å². The number of hydrogen-bond acceptors (Lipinski definition) is 3. The molecule has 1 N–H and O–H groups in total. The lowest BCUT2D eigenvalue weighted by Crippen LogP contribution is -2.35. The van der Waals surface area contributed by atoms with E-state index in [0.29, 0.717) is 17.9 Å². The molecule has 0 aliphatic rings. The highest BCUT2D eigenvalue weighted by Gasteiger charge is 2.24. The van der Waals surface area contributed by atoms with Gasteiger partial charge >= 0.3 is 0 Å². The zero-order valence-corrected chi connectivity index (χ0v) is 11.0. The first-order valence-electron chi connectivity index (χ1n) is 6.09. The number of likely N-dealkylation sites (N-methyl/N-ethyl adjacent to an activating group) is 1. The second kappa shape index (κ2) is 5.94. The summed E-state index contributed by atoms with van der Waals surface area (Å²) >= 11 is 0. The number of nitrogens with zero attached hydrogens (tertiary/aromatic N) is 2. The minimum atomic E-state index is 0.375. The van der Waals surface area contributed by atoms with E-state index in [-0.39, 0.29) is 0 Å². The summed E-state index contributed by atoms with van der Waals surface area (Å²) in [6.45, 7) is 11.8. The molecule has 1 aromatic heterocycles. The van der Waals surface area contributed by atoms with Crippen LogP contribution in [0.2, 0.25) is 0 Å². The molecule has 3 nitrogen and oxygen atoms in total. The molecular weight excluding hydrogens is 198 g/mol. The minimum absolute atomic E-state index is 0.375. The SMILES string of the molecule is CCNC(C)C(c1nccc(C)n1)C(C)C. The van der Waals surface area contributed by atoms with Crippen LogP contribution >= 0.6 is 0 Å². The van der Waals surface area contributed by atoms with Crippen LogP contribution in [0.5, 0.6) is 0 Å². The molecule has 0 aliphatic carbocycles. The Labute approximate surface area is 98.7 Å². The van der Waals surface area contributed by atoms with Crippen LogP contribution in [0.1, 0.15) is 45.1 Å². The molecule has 0 aliphatic heterocycles. The van der Waals surface area contributed by atoms with E-state index in [1.807, 2.05) is 19.2 Å². The Bertz CT molecular complexity index is 323. The topological polar surface area (TPSA) is 37.8 Å². The van der Waals surface area contributed by atoms with E-state index in [2.05, 4.69) is 43.0 Å². The maximum atomic E-state index is 4.55. The summed E-state index contributed by atoms with van der Waals surface area (Å²) in [7, 11) is 0. The molecule has 0 saturated heterocycles. The number of nitrogens with one attached hydrogen (secondary N) is 1. The number of aromatic nitrogens is 2. The predicted octanol–water partition coefficient (Wildman–Crippen LogP) is 2.52. The average molecular weight is 221 g/mol. The monoisotopic (exact) mass is 221 g/mol. The zero-order valence-electron chi connectivity index (χ0n) is 11.0. The molecule has 0 bridgehead atoms. The van der Waals surface area contributed by atoms with Crippen LogP contribution in [0, 0.1) is 12.8 Å². The summed E-state index contributed by atoms with van der Waals surface area (Å²) in [5, 5.41) is 3.46. The van der Waals surface area contributed by atoms with Crippen LogP contribution in [0.25, 0.3) is 0 Å². The molecule has 2 atom stereocenters. The van der Waals surface area contributed by atoms with Gasteiger partial charge in [-0.05, 0) is 32.4 Å². The van der Waals surface area contributed by atoms with Crippen molar-refractivity contribution in [1.82, 2.24) is 15.3 Å². The van der Waals surface area contributed by atoms with Gasteiger partial charge in [-0.3, -0.25) is 0 Å². The van der Waals surface area contributed by atoms with Gasteiger partial charge in [0.2, 0.25) is 0 Å². The second-order valence-electron chi connectivity index (χ2n) is 4.67. The molecule has 1 heterocycles. The molecule has 2 unspecified atom stereocenters. The van der Waals surface area contributed by atoms with E-state index in [1.54, 1.807) is 0 Å². The molecule has 90 valence electrons. The van der Waals surface area contributed by atoms with Crippen molar-refractivity contribution in [3.05, 3.63) is 23.8 Å². The lowest BCUT2D eigenvalue weighted by Gasteiger charge is -2.26. The Morgan fingerprint density at radius 1 is 1.31 bits per heavy atom. The van der Waals surface area contributed by atoms with Crippen LogP contribution in [-0.2, 0) is 0 Å². The van der Waals surface area contributed by atoms with Gasteiger partial charge in [0.1, 0.15) is 5.82 Å². The Hall–Kier alpha value is -0.960. The molecular formula is C13H23N3. The van der Waals surface area contributed by atoms with Gasteiger partial charge in [0.25, 0.3) is 0 Å². The van der Waals surface area contributed by atoms with Gasteiger partial charge in [0.15, 0.2) is 0 Å². The normalized spacial score (nSPS) is 15.1. The molecule has 0 saturated carbocycles. The van der Waals surface area contributed by atoms with E-state index >= 15 is 0 Å². The minimum Gasteiger partial charge on any atom is -0.314 e. The number of hydrogen-bond donors (Lipinski definition) is 1. The third-order valence-corrected chi connectivity index (χ3v) is 2.89. The Morgan fingerprint density at radius 2 is 2.00 bits per heavy atom. The average Bonchev–Trinajstić information content (AvgIpc) is 2.17. The van der Waals surface area contributed by atoms with E-state index < -0.39 is 0 Å². The third-order valence-electron chi connectivity index (χ3n) is 2.89. The molecule has 1 rings (SSSR count). The fraction of sp³-hybridized carbons (Fsp3) is 0.692. The van der Waals surface area contributed by atoms with Gasteiger partial charge < -0.3 is 5.32 Å². The highest BCUT2D eigenvalue weighted by atomic mass is 14.9. The van der Waals surface area contributed by atoms with Crippen LogP contribution in [0.3, 0.4) is 0 Å².